The third-order valence-electron chi connectivity index (χ3n) is 3.59. The first-order valence-corrected chi connectivity index (χ1v) is 7.88. The number of pyridine rings is 1. The lowest BCUT2D eigenvalue weighted by Gasteiger charge is -2.11. The van der Waals surface area contributed by atoms with Crippen molar-refractivity contribution in [2.75, 3.05) is 0 Å². The van der Waals surface area contributed by atoms with E-state index in [-0.39, 0.29) is 11.8 Å². The number of aromatic nitrogens is 1. The van der Waals surface area contributed by atoms with Gasteiger partial charge in [0.05, 0.1) is 12.1 Å². The largest absolute Gasteiger partial charge is 0.272 e. The second-order valence-electron chi connectivity index (χ2n) is 6.08. The molecule has 1 aromatic carbocycles. The van der Waals surface area contributed by atoms with Gasteiger partial charge in [0, 0.05) is 18.0 Å². The molecule has 2 aromatic rings. The zero-order valence-corrected chi connectivity index (χ0v) is 13.9. The molecule has 0 saturated heterocycles. The average Bonchev–Trinajstić information content (AvgIpc) is 2.55. The second-order valence-corrected chi connectivity index (χ2v) is 6.08. The quantitative estimate of drug-likeness (QED) is 0.655. The number of benzene rings is 1. The molecular weight excluding hydrogens is 286 g/mol. The van der Waals surface area contributed by atoms with Crippen molar-refractivity contribution in [2.24, 2.45) is 11.0 Å². The molecule has 0 aliphatic carbocycles. The van der Waals surface area contributed by atoms with Crippen LogP contribution in [0.2, 0.25) is 0 Å². The maximum absolute atomic E-state index is 12.2. The Hall–Kier alpha value is -2.49. The van der Waals surface area contributed by atoms with E-state index in [1.807, 2.05) is 31.2 Å². The number of carbonyl (C=O) groups excluding carboxylic acids is 1. The summed E-state index contributed by atoms with van der Waals surface area (Å²) in [6, 6.07) is 11.9. The number of rotatable bonds is 6. The monoisotopic (exact) mass is 309 g/mol. The first-order valence-electron chi connectivity index (χ1n) is 7.88. The van der Waals surface area contributed by atoms with E-state index in [1.54, 1.807) is 18.6 Å². The number of nitrogens with one attached hydrogen (secondary N) is 1. The van der Waals surface area contributed by atoms with Crippen molar-refractivity contribution in [1.29, 1.82) is 0 Å². The SMILES string of the molecule is CC(C)Cc1ccc([C@H](C)C(=O)N/N=C\c2cccnc2)cc1. The summed E-state index contributed by atoms with van der Waals surface area (Å²) < 4.78 is 0. The molecule has 0 bridgehead atoms. The fraction of sp³-hybridized carbons (Fsp3) is 0.316. The van der Waals surface area contributed by atoms with Crippen molar-refractivity contribution in [3.8, 4) is 0 Å². The highest BCUT2D eigenvalue weighted by Gasteiger charge is 2.14. The van der Waals surface area contributed by atoms with E-state index in [2.05, 4.69) is 41.5 Å². The van der Waals surface area contributed by atoms with Crippen LogP contribution in [0.3, 0.4) is 0 Å². The van der Waals surface area contributed by atoms with E-state index < -0.39 is 0 Å². The summed E-state index contributed by atoms with van der Waals surface area (Å²) >= 11 is 0. The molecule has 4 heteroatoms. The van der Waals surface area contributed by atoms with Gasteiger partial charge in [-0.3, -0.25) is 9.78 Å². The van der Waals surface area contributed by atoms with Gasteiger partial charge in [-0.1, -0.05) is 44.2 Å². The lowest BCUT2D eigenvalue weighted by atomic mass is 9.96. The minimum absolute atomic E-state index is 0.123. The Kier molecular flexibility index (Phi) is 6.03. The van der Waals surface area contributed by atoms with Gasteiger partial charge in [-0.05, 0) is 36.5 Å². The summed E-state index contributed by atoms with van der Waals surface area (Å²) in [7, 11) is 0. The first kappa shape index (κ1) is 16.9. The molecule has 23 heavy (non-hydrogen) atoms. The lowest BCUT2D eigenvalue weighted by Crippen LogP contribution is -2.23. The molecule has 1 aromatic heterocycles. The summed E-state index contributed by atoms with van der Waals surface area (Å²) in [5.74, 6) is 0.263. The fourth-order valence-electron chi connectivity index (χ4n) is 2.28. The van der Waals surface area contributed by atoms with E-state index >= 15 is 0 Å². The molecule has 120 valence electrons. The van der Waals surface area contributed by atoms with Gasteiger partial charge >= 0.3 is 0 Å². The Bertz CT molecular complexity index is 648. The molecule has 1 N–H and O–H groups in total. The zero-order valence-electron chi connectivity index (χ0n) is 13.9. The molecule has 0 aliphatic heterocycles. The van der Waals surface area contributed by atoms with Crippen LogP contribution >= 0.6 is 0 Å². The van der Waals surface area contributed by atoms with Crippen LogP contribution in [-0.4, -0.2) is 17.1 Å². The van der Waals surface area contributed by atoms with Gasteiger partial charge in [-0.2, -0.15) is 5.10 Å². The summed E-state index contributed by atoms with van der Waals surface area (Å²) in [4.78, 5) is 16.1. The third kappa shape index (κ3) is 5.33. The number of carbonyl (C=O) groups is 1. The van der Waals surface area contributed by atoms with E-state index in [0.29, 0.717) is 5.92 Å². The molecule has 4 nitrogen and oxygen atoms in total. The zero-order chi connectivity index (χ0) is 16.7. The van der Waals surface area contributed by atoms with Crippen molar-refractivity contribution in [3.05, 3.63) is 65.5 Å². The van der Waals surface area contributed by atoms with Crippen molar-refractivity contribution in [1.82, 2.24) is 10.4 Å². The summed E-state index contributed by atoms with van der Waals surface area (Å²) in [6.07, 6.45) is 6.02. The smallest absolute Gasteiger partial charge is 0.247 e. The highest BCUT2D eigenvalue weighted by atomic mass is 16.2. The van der Waals surface area contributed by atoms with E-state index in [4.69, 9.17) is 0 Å². The van der Waals surface area contributed by atoms with Crippen LogP contribution in [0.5, 0.6) is 0 Å². The van der Waals surface area contributed by atoms with Crippen LogP contribution in [0.25, 0.3) is 0 Å². The van der Waals surface area contributed by atoms with Crippen LogP contribution < -0.4 is 5.43 Å². The topological polar surface area (TPSA) is 54.4 Å². The number of hydrazone groups is 1. The summed E-state index contributed by atoms with van der Waals surface area (Å²) in [6.45, 7) is 6.28. The Morgan fingerprint density at radius 3 is 2.57 bits per heavy atom. The number of hydrogen-bond donors (Lipinski definition) is 1. The van der Waals surface area contributed by atoms with Gasteiger partial charge in [0.1, 0.15) is 0 Å². The van der Waals surface area contributed by atoms with Crippen molar-refractivity contribution >= 4 is 12.1 Å². The van der Waals surface area contributed by atoms with Gasteiger partial charge < -0.3 is 0 Å². The molecular formula is C19H23N3O. The van der Waals surface area contributed by atoms with Crippen LogP contribution in [0.1, 0.15) is 43.4 Å². The van der Waals surface area contributed by atoms with Gasteiger partial charge in [0.2, 0.25) is 5.91 Å². The van der Waals surface area contributed by atoms with E-state index in [0.717, 1.165) is 17.5 Å². The molecule has 0 fully saturated rings. The van der Waals surface area contributed by atoms with Gasteiger partial charge in [-0.15, -0.1) is 0 Å². The number of nitrogens with zero attached hydrogens (tertiary/aromatic N) is 2. The van der Waals surface area contributed by atoms with Crippen LogP contribution in [0.4, 0.5) is 0 Å². The van der Waals surface area contributed by atoms with Gasteiger partial charge in [0.25, 0.3) is 0 Å². The van der Waals surface area contributed by atoms with Crippen molar-refractivity contribution in [3.63, 3.8) is 0 Å². The van der Waals surface area contributed by atoms with Crippen molar-refractivity contribution in [2.45, 2.75) is 33.1 Å². The third-order valence-corrected chi connectivity index (χ3v) is 3.59. The number of amides is 1. The molecule has 0 unspecified atom stereocenters. The minimum Gasteiger partial charge on any atom is -0.272 e. The Balaban J connectivity index is 1.92. The first-order chi connectivity index (χ1) is 11.1. The Labute approximate surface area is 137 Å². The average molecular weight is 309 g/mol. The van der Waals surface area contributed by atoms with E-state index in [1.165, 1.54) is 5.56 Å². The Morgan fingerprint density at radius 2 is 1.96 bits per heavy atom. The van der Waals surface area contributed by atoms with Crippen LogP contribution in [0.15, 0.2) is 53.9 Å². The van der Waals surface area contributed by atoms with Crippen LogP contribution in [-0.2, 0) is 11.2 Å². The predicted octanol–water partition coefficient (Wildman–Crippen LogP) is 3.53. The van der Waals surface area contributed by atoms with Crippen LogP contribution in [0, 0.1) is 5.92 Å². The van der Waals surface area contributed by atoms with Crippen molar-refractivity contribution < 1.29 is 4.79 Å². The predicted molar refractivity (Wildman–Crippen MR) is 93.4 cm³/mol. The highest BCUT2D eigenvalue weighted by molar-refractivity contribution is 5.85. The molecule has 1 atom stereocenters. The molecule has 1 heterocycles. The standard InChI is InChI=1S/C19H23N3O/c1-14(2)11-16-6-8-18(9-7-16)15(3)19(23)22-21-13-17-5-4-10-20-12-17/h4-10,12-15H,11H2,1-3H3,(H,22,23)/b21-13-/t15-/m0/s1. The number of hydrogen-bond acceptors (Lipinski definition) is 3. The van der Waals surface area contributed by atoms with Gasteiger partial charge in [0.15, 0.2) is 0 Å². The lowest BCUT2D eigenvalue weighted by molar-refractivity contribution is -0.122. The summed E-state index contributed by atoms with van der Waals surface area (Å²) in [5, 5.41) is 3.98. The molecule has 0 radical (unpaired) electrons. The molecule has 1 amide bonds. The highest BCUT2D eigenvalue weighted by Crippen LogP contribution is 2.17. The molecule has 0 aliphatic rings. The van der Waals surface area contributed by atoms with Gasteiger partial charge in [-0.25, -0.2) is 5.43 Å². The second kappa shape index (κ2) is 8.22. The fourth-order valence-corrected chi connectivity index (χ4v) is 2.28. The molecule has 0 spiro atoms. The molecule has 2 rings (SSSR count). The Morgan fingerprint density at radius 1 is 1.22 bits per heavy atom. The summed E-state index contributed by atoms with van der Waals surface area (Å²) in [5.41, 5.74) is 5.71. The maximum Gasteiger partial charge on any atom is 0.247 e. The normalized spacial score (nSPS) is 12.5. The minimum atomic E-state index is -0.242. The maximum atomic E-state index is 12.2. The van der Waals surface area contributed by atoms with E-state index in [9.17, 15) is 4.79 Å². The molecule has 0 saturated carbocycles.